The highest BCUT2D eigenvalue weighted by atomic mass is 16.2. The monoisotopic (exact) mass is 243 g/mol. The molecule has 1 atom stereocenters. The van der Waals surface area contributed by atoms with Crippen LogP contribution >= 0.6 is 0 Å². The van der Waals surface area contributed by atoms with Gasteiger partial charge in [-0.05, 0) is 25.5 Å². The summed E-state index contributed by atoms with van der Waals surface area (Å²) in [4.78, 5) is 27.5. The van der Waals surface area contributed by atoms with Gasteiger partial charge in [-0.3, -0.25) is 14.9 Å². The van der Waals surface area contributed by atoms with Crippen molar-refractivity contribution in [2.45, 2.75) is 25.8 Å². The number of hydrogen-bond donors (Lipinski definition) is 1. The SMILES string of the molecule is Cc1nc2ccccc2n1C1CCC(=O)NC1=O. The molecule has 1 aliphatic rings. The van der Waals surface area contributed by atoms with Gasteiger partial charge in [-0.25, -0.2) is 4.98 Å². The summed E-state index contributed by atoms with van der Waals surface area (Å²) in [7, 11) is 0. The van der Waals surface area contributed by atoms with Gasteiger partial charge >= 0.3 is 0 Å². The van der Waals surface area contributed by atoms with Crippen LogP contribution in [0.1, 0.15) is 24.7 Å². The van der Waals surface area contributed by atoms with Crippen LogP contribution in [-0.4, -0.2) is 21.4 Å². The Kier molecular flexibility index (Phi) is 2.40. The lowest BCUT2D eigenvalue weighted by atomic mass is 10.1. The maximum Gasteiger partial charge on any atom is 0.249 e. The lowest BCUT2D eigenvalue weighted by molar-refractivity contribution is -0.135. The number of imide groups is 1. The summed E-state index contributed by atoms with van der Waals surface area (Å²) in [5.41, 5.74) is 1.81. The molecule has 2 aromatic rings. The summed E-state index contributed by atoms with van der Waals surface area (Å²) in [6.45, 7) is 1.88. The van der Waals surface area contributed by atoms with Crippen LogP contribution < -0.4 is 5.32 Å². The van der Waals surface area contributed by atoms with Crippen molar-refractivity contribution in [3.8, 4) is 0 Å². The molecule has 1 aliphatic heterocycles. The molecule has 0 spiro atoms. The minimum atomic E-state index is -0.338. The number of nitrogens with zero attached hydrogens (tertiary/aromatic N) is 2. The van der Waals surface area contributed by atoms with E-state index in [0.29, 0.717) is 12.8 Å². The molecule has 5 nitrogen and oxygen atoms in total. The Morgan fingerprint density at radius 3 is 2.89 bits per heavy atom. The third-order valence-corrected chi connectivity index (χ3v) is 3.29. The number of hydrogen-bond acceptors (Lipinski definition) is 3. The van der Waals surface area contributed by atoms with Gasteiger partial charge in [-0.1, -0.05) is 12.1 Å². The standard InChI is InChI=1S/C13H13N3O2/c1-8-14-9-4-2-3-5-10(9)16(8)11-6-7-12(17)15-13(11)18/h2-5,11H,6-7H2,1H3,(H,15,17,18). The number of rotatable bonds is 1. The summed E-state index contributed by atoms with van der Waals surface area (Å²) in [6, 6.07) is 7.37. The van der Waals surface area contributed by atoms with Gasteiger partial charge in [-0.2, -0.15) is 0 Å². The van der Waals surface area contributed by atoms with Crippen LogP contribution in [0.2, 0.25) is 0 Å². The molecule has 18 heavy (non-hydrogen) atoms. The van der Waals surface area contributed by atoms with Gasteiger partial charge in [0.1, 0.15) is 11.9 Å². The van der Waals surface area contributed by atoms with Crippen LogP contribution in [0.3, 0.4) is 0 Å². The first-order valence-electron chi connectivity index (χ1n) is 5.94. The molecular formula is C13H13N3O2. The molecule has 1 N–H and O–H groups in total. The summed E-state index contributed by atoms with van der Waals surface area (Å²) in [5, 5.41) is 2.38. The first kappa shape index (κ1) is 11.0. The largest absolute Gasteiger partial charge is 0.316 e. The van der Waals surface area contributed by atoms with Crippen molar-refractivity contribution < 1.29 is 9.59 Å². The van der Waals surface area contributed by atoms with Gasteiger partial charge in [-0.15, -0.1) is 0 Å². The molecule has 92 valence electrons. The van der Waals surface area contributed by atoms with E-state index in [2.05, 4.69) is 10.3 Å². The first-order chi connectivity index (χ1) is 8.66. The van der Waals surface area contributed by atoms with Gasteiger partial charge in [0.15, 0.2) is 0 Å². The van der Waals surface area contributed by atoms with Crippen molar-refractivity contribution in [1.29, 1.82) is 0 Å². The third kappa shape index (κ3) is 1.59. The molecule has 2 heterocycles. The predicted octanol–water partition coefficient (Wildman–Crippen LogP) is 1.32. The Morgan fingerprint density at radius 2 is 2.11 bits per heavy atom. The highest BCUT2D eigenvalue weighted by Gasteiger charge is 2.29. The molecule has 0 aliphatic carbocycles. The van der Waals surface area contributed by atoms with E-state index in [0.717, 1.165) is 16.9 Å². The van der Waals surface area contributed by atoms with E-state index in [1.165, 1.54) is 0 Å². The minimum absolute atomic E-state index is 0.196. The topological polar surface area (TPSA) is 64.0 Å². The normalized spacial score (nSPS) is 20.2. The van der Waals surface area contributed by atoms with Gasteiger partial charge in [0.2, 0.25) is 11.8 Å². The molecule has 0 saturated carbocycles. The van der Waals surface area contributed by atoms with Crippen LogP contribution in [0.5, 0.6) is 0 Å². The van der Waals surface area contributed by atoms with Crippen molar-refractivity contribution in [1.82, 2.24) is 14.9 Å². The Bertz CT molecular complexity index is 645. The second kappa shape index (κ2) is 3.94. The minimum Gasteiger partial charge on any atom is -0.316 e. The molecule has 1 fully saturated rings. The molecule has 1 aromatic heterocycles. The number of fused-ring (bicyclic) bond motifs is 1. The Balaban J connectivity index is 2.11. The van der Waals surface area contributed by atoms with E-state index in [4.69, 9.17) is 0 Å². The average Bonchev–Trinajstić information content (AvgIpc) is 2.66. The van der Waals surface area contributed by atoms with Gasteiger partial charge in [0.25, 0.3) is 0 Å². The number of imidazole rings is 1. The zero-order chi connectivity index (χ0) is 12.7. The quantitative estimate of drug-likeness (QED) is 0.768. The zero-order valence-corrected chi connectivity index (χ0v) is 10.0. The van der Waals surface area contributed by atoms with Crippen LogP contribution in [0.25, 0.3) is 11.0 Å². The fourth-order valence-corrected chi connectivity index (χ4v) is 2.49. The van der Waals surface area contributed by atoms with Crippen LogP contribution in [0.4, 0.5) is 0 Å². The summed E-state index contributed by atoms with van der Waals surface area (Å²) in [6.07, 6.45) is 0.911. The molecule has 0 bridgehead atoms. The second-order valence-corrected chi connectivity index (χ2v) is 4.48. The molecule has 1 aromatic carbocycles. The van der Waals surface area contributed by atoms with E-state index in [9.17, 15) is 9.59 Å². The van der Waals surface area contributed by atoms with Crippen molar-refractivity contribution in [2.75, 3.05) is 0 Å². The number of para-hydroxylation sites is 2. The Labute approximate surface area is 104 Å². The van der Waals surface area contributed by atoms with Gasteiger partial charge in [0.05, 0.1) is 11.0 Å². The number of carbonyl (C=O) groups is 2. The van der Waals surface area contributed by atoms with Crippen LogP contribution in [0.15, 0.2) is 24.3 Å². The maximum absolute atomic E-state index is 11.9. The van der Waals surface area contributed by atoms with Crippen molar-refractivity contribution in [3.05, 3.63) is 30.1 Å². The molecule has 5 heteroatoms. The summed E-state index contributed by atoms with van der Waals surface area (Å²) in [5.74, 6) is 0.363. The highest BCUT2D eigenvalue weighted by Crippen LogP contribution is 2.25. The van der Waals surface area contributed by atoms with Crippen LogP contribution in [0, 0.1) is 6.92 Å². The molecule has 2 amide bonds. The lowest BCUT2D eigenvalue weighted by Crippen LogP contribution is -2.41. The smallest absolute Gasteiger partial charge is 0.249 e. The summed E-state index contributed by atoms with van der Waals surface area (Å²) >= 11 is 0. The number of amides is 2. The van der Waals surface area contributed by atoms with E-state index in [-0.39, 0.29) is 17.9 Å². The van der Waals surface area contributed by atoms with E-state index in [1.807, 2.05) is 35.8 Å². The van der Waals surface area contributed by atoms with Gasteiger partial charge in [0, 0.05) is 6.42 Å². The van der Waals surface area contributed by atoms with Gasteiger partial charge < -0.3 is 4.57 Å². The van der Waals surface area contributed by atoms with Crippen molar-refractivity contribution in [2.24, 2.45) is 0 Å². The number of aromatic nitrogens is 2. The number of piperidine rings is 1. The summed E-state index contributed by atoms with van der Waals surface area (Å²) < 4.78 is 1.91. The first-order valence-corrected chi connectivity index (χ1v) is 5.94. The highest BCUT2D eigenvalue weighted by molar-refractivity contribution is 6.00. The van der Waals surface area contributed by atoms with E-state index >= 15 is 0 Å². The molecule has 1 unspecified atom stereocenters. The average molecular weight is 243 g/mol. The second-order valence-electron chi connectivity index (χ2n) is 4.48. The van der Waals surface area contributed by atoms with E-state index in [1.54, 1.807) is 0 Å². The molecule has 1 saturated heterocycles. The lowest BCUT2D eigenvalue weighted by Gasteiger charge is -2.23. The number of aryl methyl sites for hydroxylation is 1. The number of benzene rings is 1. The Morgan fingerprint density at radius 1 is 1.33 bits per heavy atom. The van der Waals surface area contributed by atoms with Crippen molar-refractivity contribution in [3.63, 3.8) is 0 Å². The zero-order valence-electron chi connectivity index (χ0n) is 10.0. The molecular weight excluding hydrogens is 230 g/mol. The molecule has 0 radical (unpaired) electrons. The fraction of sp³-hybridized carbons (Fsp3) is 0.308. The van der Waals surface area contributed by atoms with Crippen LogP contribution in [-0.2, 0) is 9.59 Å². The number of carbonyl (C=O) groups excluding carboxylic acids is 2. The predicted molar refractivity (Wildman–Crippen MR) is 65.9 cm³/mol. The fourth-order valence-electron chi connectivity index (χ4n) is 2.49. The van der Waals surface area contributed by atoms with Crippen molar-refractivity contribution >= 4 is 22.8 Å². The Hall–Kier alpha value is -2.17. The molecule has 3 rings (SSSR count). The third-order valence-electron chi connectivity index (χ3n) is 3.29. The maximum atomic E-state index is 11.9. The van der Waals surface area contributed by atoms with E-state index < -0.39 is 0 Å². The number of nitrogens with one attached hydrogen (secondary N) is 1.